The molecule has 100 valence electrons. The van der Waals surface area contributed by atoms with E-state index in [0.29, 0.717) is 17.9 Å². The van der Waals surface area contributed by atoms with Crippen LogP contribution in [0.4, 0.5) is 0 Å². The second kappa shape index (κ2) is 3.98. The van der Waals surface area contributed by atoms with Gasteiger partial charge >= 0.3 is 0 Å². The molecule has 2 nitrogen and oxygen atoms in total. The molecule has 0 saturated heterocycles. The van der Waals surface area contributed by atoms with Crippen LogP contribution in [0.5, 0.6) is 0 Å². The summed E-state index contributed by atoms with van der Waals surface area (Å²) in [4.78, 5) is 14.8. The van der Waals surface area contributed by atoms with Crippen molar-refractivity contribution < 1.29 is 4.79 Å². The first-order valence-corrected chi connectivity index (χ1v) is 8.04. The van der Waals surface area contributed by atoms with Gasteiger partial charge in [-0.05, 0) is 55.8 Å². The van der Waals surface area contributed by atoms with Gasteiger partial charge in [-0.25, -0.2) is 0 Å². The Kier molecular flexibility index (Phi) is 2.50. The van der Waals surface area contributed by atoms with Crippen molar-refractivity contribution in [1.82, 2.24) is 4.90 Å². The summed E-state index contributed by atoms with van der Waals surface area (Å²) in [6, 6.07) is 0.560. The Morgan fingerprint density at radius 3 is 2.17 bits per heavy atom. The van der Waals surface area contributed by atoms with Gasteiger partial charge in [0, 0.05) is 19.0 Å². The van der Waals surface area contributed by atoms with Crippen molar-refractivity contribution in [3.05, 3.63) is 0 Å². The zero-order valence-corrected chi connectivity index (χ0v) is 11.5. The monoisotopic (exact) mass is 247 g/mol. The van der Waals surface area contributed by atoms with Crippen molar-refractivity contribution in [1.29, 1.82) is 0 Å². The molecule has 0 N–H and O–H groups in total. The first kappa shape index (κ1) is 11.3. The predicted octanol–water partition coefficient (Wildman–Crippen LogP) is 3.07. The molecule has 4 saturated carbocycles. The zero-order valence-electron chi connectivity index (χ0n) is 11.5. The van der Waals surface area contributed by atoms with Gasteiger partial charge in [-0.2, -0.15) is 0 Å². The minimum Gasteiger partial charge on any atom is -0.343 e. The molecule has 4 unspecified atom stereocenters. The molecule has 0 aromatic rings. The van der Waals surface area contributed by atoms with Gasteiger partial charge in [-0.1, -0.05) is 19.3 Å². The van der Waals surface area contributed by atoms with Crippen LogP contribution in [0.25, 0.3) is 0 Å². The van der Waals surface area contributed by atoms with Crippen LogP contribution in [-0.4, -0.2) is 23.9 Å². The number of nitrogens with zero attached hydrogens (tertiary/aromatic N) is 1. The van der Waals surface area contributed by atoms with Crippen LogP contribution in [0, 0.1) is 29.6 Å². The average Bonchev–Trinajstić information content (AvgIpc) is 2.85. The second-order valence-electron chi connectivity index (χ2n) is 7.25. The fourth-order valence-corrected chi connectivity index (χ4v) is 5.54. The van der Waals surface area contributed by atoms with Gasteiger partial charge in [0.2, 0.25) is 5.91 Å². The van der Waals surface area contributed by atoms with Gasteiger partial charge in [0.25, 0.3) is 0 Å². The Morgan fingerprint density at radius 1 is 0.944 bits per heavy atom. The molecule has 1 amide bonds. The molecule has 4 atom stereocenters. The summed E-state index contributed by atoms with van der Waals surface area (Å²) < 4.78 is 0. The molecule has 0 heterocycles. The number of fused-ring (bicyclic) bond motifs is 5. The Labute approximate surface area is 110 Å². The summed E-state index contributed by atoms with van der Waals surface area (Å²) in [6.07, 6.45) is 10.8. The largest absolute Gasteiger partial charge is 0.343 e. The molecule has 0 aliphatic heterocycles. The van der Waals surface area contributed by atoms with Crippen molar-refractivity contribution in [2.45, 2.75) is 57.4 Å². The third kappa shape index (κ3) is 1.50. The summed E-state index contributed by atoms with van der Waals surface area (Å²) in [7, 11) is 2.08. The molecule has 4 aliphatic rings. The lowest BCUT2D eigenvalue weighted by Gasteiger charge is -2.32. The molecule has 4 rings (SSSR count). The Balaban J connectivity index is 1.42. The van der Waals surface area contributed by atoms with Gasteiger partial charge in [0.1, 0.15) is 0 Å². The van der Waals surface area contributed by atoms with Crippen molar-refractivity contribution >= 4 is 5.91 Å². The molecule has 4 aliphatic carbocycles. The summed E-state index contributed by atoms with van der Waals surface area (Å²) in [6.45, 7) is 0. The van der Waals surface area contributed by atoms with E-state index >= 15 is 0 Å². The summed E-state index contributed by atoms with van der Waals surface area (Å²) in [5.41, 5.74) is 0. The van der Waals surface area contributed by atoms with E-state index in [9.17, 15) is 4.79 Å². The quantitative estimate of drug-likeness (QED) is 0.734. The zero-order chi connectivity index (χ0) is 12.3. The normalized spacial score (nSPS) is 45.9. The molecule has 0 aromatic carbocycles. The smallest absolute Gasteiger partial charge is 0.226 e. The Morgan fingerprint density at radius 2 is 1.56 bits per heavy atom. The fraction of sp³-hybridized carbons (Fsp3) is 0.938. The molecule has 0 aromatic heterocycles. The number of rotatable bonds is 2. The third-order valence-electron chi connectivity index (χ3n) is 6.49. The Bertz CT molecular complexity index is 344. The van der Waals surface area contributed by atoms with Crippen LogP contribution in [0.2, 0.25) is 0 Å². The topological polar surface area (TPSA) is 20.3 Å². The maximum Gasteiger partial charge on any atom is 0.226 e. The number of hydrogen-bond donors (Lipinski definition) is 0. The third-order valence-corrected chi connectivity index (χ3v) is 6.49. The van der Waals surface area contributed by atoms with Crippen LogP contribution >= 0.6 is 0 Å². The molecule has 4 fully saturated rings. The summed E-state index contributed by atoms with van der Waals surface area (Å²) in [5.74, 6) is 4.42. The highest BCUT2D eigenvalue weighted by atomic mass is 16.2. The predicted molar refractivity (Wildman–Crippen MR) is 70.9 cm³/mol. The molecule has 0 radical (unpaired) electrons. The van der Waals surface area contributed by atoms with Crippen LogP contribution in [0.3, 0.4) is 0 Å². The summed E-state index contributed by atoms with van der Waals surface area (Å²) >= 11 is 0. The highest BCUT2D eigenvalue weighted by Crippen LogP contribution is 2.69. The molecule has 2 heteroatoms. The number of hydrogen-bond acceptors (Lipinski definition) is 1. The lowest BCUT2D eigenvalue weighted by molar-refractivity contribution is -0.135. The molecular formula is C16H25NO. The minimum absolute atomic E-state index is 0.447. The standard InChI is InChI=1S/C16H25NO/c1-17(12-5-3-2-4-6-12)16(18)15-13-10-7-8-11(9-10)14(13)15/h10-15H,2-9H2,1H3. The van der Waals surface area contributed by atoms with Crippen molar-refractivity contribution in [2.24, 2.45) is 29.6 Å². The lowest BCUT2D eigenvalue weighted by Crippen LogP contribution is -2.40. The van der Waals surface area contributed by atoms with Gasteiger partial charge < -0.3 is 4.90 Å². The van der Waals surface area contributed by atoms with Gasteiger partial charge in [0.05, 0.1) is 0 Å². The fourth-order valence-electron chi connectivity index (χ4n) is 5.54. The van der Waals surface area contributed by atoms with E-state index in [0.717, 1.165) is 23.7 Å². The van der Waals surface area contributed by atoms with Gasteiger partial charge in [0.15, 0.2) is 0 Å². The number of amides is 1. The number of carbonyl (C=O) groups excluding carboxylic acids is 1. The second-order valence-corrected chi connectivity index (χ2v) is 7.25. The highest BCUT2D eigenvalue weighted by Gasteiger charge is 2.67. The molecule has 0 spiro atoms. The average molecular weight is 247 g/mol. The molecule has 2 bridgehead atoms. The minimum atomic E-state index is 0.447. The lowest BCUT2D eigenvalue weighted by atomic mass is 9.93. The maximum atomic E-state index is 12.7. The first-order chi connectivity index (χ1) is 8.77. The highest BCUT2D eigenvalue weighted by molar-refractivity contribution is 5.83. The van der Waals surface area contributed by atoms with E-state index in [-0.39, 0.29) is 0 Å². The van der Waals surface area contributed by atoms with E-state index in [2.05, 4.69) is 11.9 Å². The molecular weight excluding hydrogens is 222 g/mol. The molecule has 18 heavy (non-hydrogen) atoms. The number of carbonyl (C=O) groups is 1. The van der Waals surface area contributed by atoms with E-state index in [1.165, 1.54) is 51.4 Å². The van der Waals surface area contributed by atoms with Gasteiger partial charge in [-0.15, -0.1) is 0 Å². The SMILES string of the molecule is CN(C(=O)C1C2C3CCC(C3)C12)C1CCCCC1. The van der Waals surface area contributed by atoms with E-state index in [1.54, 1.807) is 0 Å². The van der Waals surface area contributed by atoms with Crippen molar-refractivity contribution in [2.75, 3.05) is 7.05 Å². The summed E-state index contributed by atoms with van der Waals surface area (Å²) in [5, 5.41) is 0. The van der Waals surface area contributed by atoms with Crippen LogP contribution in [-0.2, 0) is 4.79 Å². The van der Waals surface area contributed by atoms with Crippen LogP contribution < -0.4 is 0 Å². The maximum absolute atomic E-state index is 12.7. The van der Waals surface area contributed by atoms with E-state index in [1.807, 2.05) is 0 Å². The Hall–Kier alpha value is -0.530. The van der Waals surface area contributed by atoms with Crippen LogP contribution in [0.1, 0.15) is 51.4 Å². The van der Waals surface area contributed by atoms with Gasteiger partial charge in [-0.3, -0.25) is 4.79 Å². The van der Waals surface area contributed by atoms with E-state index < -0.39 is 0 Å². The van der Waals surface area contributed by atoms with Crippen molar-refractivity contribution in [3.63, 3.8) is 0 Å². The van der Waals surface area contributed by atoms with Crippen molar-refractivity contribution in [3.8, 4) is 0 Å². The first-order valence-electron chi connectivity index (χ1n) is 8.04. The van der Waals surface area contributed by atoms with E-state index in [4.69, 9.17) is 0 Å². The van der Waals surface area contributed by atoms with Crippen LogP contribution in [0.15, 0.2) is 0 Å².